The molecule has 0 aromatic heterocycles. The molecule has 27 heavy (non-hydrogen) atoms. The number of rotatable bonds is 8. The summed E-state index contributed by atoms with van der Waals surface area (Å²) in [5, 5.41) is 63.8. The second-order valence-electron chi connectivity index (χ2n) is 5.87. The van der Waals surface area contributed by atoms with Crippen LogP contribution >= 0.6 is 0 Å². The molecule has 7 atom stereocenters. The highest BCUT2D eigenvalue weighted by Gasteiger charge is 2.62. The minimum absolute atomic E-state index is 0.777. The maximum Gasteiger partial charge on any atom is 0.365 e. The number of carboxylic acid groups (broad SMARTS) is 1. The van der Waals surface area contributed by atoms with Crippen LogP contribution in [0.4, 0.5) is 0 Å². The highest BCUT2D eigenvalue weighted by Crippen LogP contribution is 2.36. The van der Waals surface area contributed by atoms with Crippen molar-refractivity contribution in [3.05, 3.63) is 10.4 Å². The van der Waals surface area contributed by atoms with Gasteiger partial charge in [-0.1, -0.05) is 5.11 Å². The van der Waals surface area contributed by atoms with E-state index in [1.165, 1.54) is 0 Å². The van der Waals surface area contributed by atoms with Crippen molar-refractivity contribution in [2.45, 2.75) is 43.2 Å². The monoisotopic (exact) mass is 392 g/mol. The summed E-state index contributed by atoms with van der Waals surface area (Å²) in [4.78, 5) is 37.4. The SMILES string of the molecule is CC(=O)N[C@@H]1[C@@H](O)C(C(=O)CN=[N+]=[N-])[C@](O)(C(=O)O)O[C@H]1C(O)[C@H](O)CO. The summed E-state index contributed by atoms with van der Waals surface area (Å²) in [5.74, 6) is -9.68. The van der Waals surface area contributed by atoms with E-state index >= 15 is 0 Å². The van der Waals surface area contributed by atoms with E-state index in [1.54, 1.807) is 0 Å². The van der Waals surface area contributed by atoms with Crippen molar-refractivity contribution in [1.82, 2.24) is 5.32 Å². The summed E-state index contributed by atoms with van der Waals surface area (Å²) in [7, 11) is 0. The molecule has 1 fully saturated rings. The molecule has 0 saturated carbocycles. The van der Waals surface area contributed by atoms with Crippen LogP contribution in [0.2, 0.25) is 0 Å². The molecule has 2 unspecified atom stereocenters. The van der Waals surface area contributed by atoms with Crippen LogP contribution in [0, 0.1) is 5.92 Å². The van der Waals surface area contributed by atoms with Crippen LogP contribution < -0.4 is 5.32 Å². The Kier molecular flexibility index (Phi) is 7.62. The van der Waals surface area contributed by atoms with Gasteiger partial charge in [0.25, 0.3) is 5.79 Å². The fourth-order valence-electron chi connectivity index (χ4n) is 2.79. The number of ketones is 1. The Morgan fingerprint density at radius 2 is 1.96 bits per heavy atom. The van der Waals surface area contributed by atoms with Gasteiger partial charge >= 0.3 is 5.97 Å². The maximum absolute atomic E-state index is 12.2. The molecule has 1 aliphatic rings. The van der Waals surface area contributed by atoms with Gasteiger partial charge in [-0.25, -0.2) is 4.79 Å². The van der Waals surface area contributed by atoms with Gasteiger partial charge in [-0.3, -0.25) is 9.59 Å². The third-order valence-corrected chi connectivity index (χ3v) is 4.03. The first-order valence-corrected chi connectivity index (χ1v) is 7.60. The van der Waals surface area contributed by atoms with Crippen LogP contribution in [0.25, 0.3) is 10.4 Å². The number of carbonyl (C=O) groups is 3. The lowest BCUT2D eigenvalue weighted by molar-refractivity contribution is -0.313. The minimum Gasteiger partial charge on any atom is -0.477 e. The number of hydrogen-bond donors (Lipinski definition) is 7. The number of aliphatic carboxylic acids is 1. The summed E-state index contributed by atoms with van der Waals surface area (Å²) >= 11 is 0. The molecule has 1 saturated heterocycles. The Hall–Kier alpha value is -2.32. The quantitative estimate of drug-likeness (QED) is 0.121. The molecule has 1 heterocycles. The summed E-state index contributed by atoms with van der Waals surface area (Å²) in [6.07, 6.45) is -7.97. The van der Waals surface area contributed by atoms with Crippen LogP contribution in [0.1, 0.15) is 6.92 Å². The molecule has 0 aliphatic carbocycles. The number of nitrogens with zero attached hydrogens (tertiary/aromatic N) is 3. The van der Waals surface area contributed by atoms with Gasteiger partial charge in [-0.2, -0.15) is 0 Å². The first-order valence-electron chi connectivity index (χ1n) is 7.60. The molecule has 0 aromatic carbocycles. The second-order valence-corrected chi connectivity index (χ2v) is 5.87. The van der Waals surface area contributed by atoms with E-state index in [1.807, 2.05) is 0 Å². The molecule has 1 rings (SSSR count). The molecule has 1 amide bonds. The fraction of sp³-hybridized carbons (Fsp3) is 0.769. The number of carbonyl (C=O) groups excluding carboxylic acids is 2. The van der Waals surface area contributed by atoms with Gasteiger partial charge in [0.1, 0.15) is 24.2 Å². The lowest BCUT2D eigenvalue weighted by atomic mass is 9.78. The summed E-state index contributed by atoms with van der Waals surface area (Å²) < 4.78 is 4.92. The number of amides is 1. The molecule has 7 N–H and O–H groups in total. The van der Waals surface area contributed by atoms with Crippen molar-refractivity contribution in [2.24, 2.45) is 11.0 Å². The van der Waals surface area contributed by atoms with E-state index in [4.69, 9.17) is 15.4 Å². The Morgan fingerprint density at radius 1 is 1.37 bits per heavy atom. The molecule has 0 radical (unpaired) electrons. The first-order chi connectivity index (χ1) is 12.5. The van der Waals surface area contributed by atoms with Gasteiger partial charge in [0, 0.05) is 11.8 Å². The van der Waals surface area contributed by atoms with Crippen molar-refractivity contribution < 1.29 is 49.8 Å². The van der Waals surface area contributed by atoms with E-state index in [0.29, 0.717) is 0 Å². The number of ether oxygens (including phenoxy) is 1. The molecule has 152 valence electrons. The molecule has 0 aromatic rings. The third kappa shape index (κ3) is 4.70. The number of carboxylic acids is 1. The van der Waals surface area contributed by atoms with Crippen LogP contribution in [-0.4, -0.2) is 97.7 Å². The molecular formula is C13H20N4O10. The number of aliphatic hydroxyl groups excluding tert-OH is 4. The minimum atomic E-state index is -3.38. The number of aliphatic hydroxyl groups is 5. The largest absolute Gasteiger partial charge is 0.477 e. The summed E-state index contributed by atoms with van der Waals surface area (Å²) in [6.45, 7) is -0.918. The standard InChI is InChI=1S/C13H20N4O10/c1-4(19)16-8-10(23)7(5(20)2-15-17-14)13(26,12(24)25)27-11(8)9(22)6(21)3-18/h6-11,18,21-23,26H,2-3H2,1H3,(H,16,19)(H,24,25)/t6-,7?,8-,9?,10+,11-,13-/m1/s1. The first kappa shape index (κ1) is 22.7. The zero-order chi connectivity index (χ0) is 20.9. The van der Waals surface area contributed by atoms with E-state index < -0.39 is 73.0 Å². The van der Waals surface area contributed by atoms with Gasteiger partial charge in [0.15, 0.2) is 5.78 Å². The second kappa shape index (κ2) is 9.05. The van der Waals surface area contributed by atoms with Gasteiger partial charge in [-0.15, -0.1) is 0 Å². The predicted octanol–water partition coefficient (Wildman–Crippen LogP) is -3.77. The van der Waals surface area contributed by atoms with Crippen LogP contribution in [0.3, 0.4) is 0 Å². The number of hydrogen-bond acceptors (Lipinski definition) is 10. The number of azide groups is 1. The maximum atomic E-state index is 12.2. The van der Waals surface area contributed by atoms with Gasteiger partial charge < -0.3 is 40.7 Å². The smallest absolute Gasteiger partial charge is 0.365 e. The van der Waals surface area contributed by atoms with Gasteiger partial charge in [0.05, 0.1) is 25.3 Å². The van der Waals surface area contributed by atoms with Crippen molar-refractivity contribution >= 4 is 17.7 Å². The van der Waals surface area contributed by atoms with E-state index in [-0.39, 0.29) is 0 Å². The molecule has 14 nitrogen and oxygen atoms in total. The number of nitrogens with one attached hydrogen (secondary N) is 1. The highest BCUT2D eigenvalue weighted by atomic mass is 16.7. The molecule has 0 bridgehead atoms. The zero-order valence-corrected chi connectivity index (χ0v) is 14.0. The van der Waals surface area contributed by atoms with Gasteiger partial charge in [0.2, 0.25) is 5.91 Å². The molecule has 0 spiro atoms. The van der Waals surface area contributed by atoms with Crippen LogP contribution in [-0.2, 0) is 19.1 Å². The number of Topliss-reactive ketones (excluding diaryl/α,β-unsaturated/α-hetero) is 1. The van der Waals surface area contributed by atoms with Crippen molar-refractivity contribution in [3.63, 3.8) is 0 Å². The van der Waals surface area contributed by atoms with Gasteiger partial charge in [-0.05, 0) is 5.53 Å². The Balaban J connectivity index is 3.42. The Labute approximate surface area is 151 Å². The molecular weight excluding hydrogens is 372 g/mol. The normalized spacial score (nSPS) is 32.7. The van der Waals surface area contributed by atoms with Crippen LogP contribution in [0.15, 0.2) is 5.11 Å². The average Bonchev–Trinajstić information content (AvgIpc) is 2.60. The van der Waals surface area contributed by atoms with E-state index in [0.717, 1.165) is 6.92 Å². The van der Waals surface area contributed by atoms with E-state index in [9.17, 15) is 39.9 Å². The fourth-order valence-corrected chi connectivity index (χ4v) is 2.79. The Bertz CT molecular complexity index is 639. The van der Waals surface area contributed by atoms with Crippen molar-refractivity contribution in [1.29, 1.82) is 0 Å². The lowest BCUT2D eigenvalue weighted by Gasteiger charge is -2.48. The lowest BCUT2D eigenvalue weighted by Crippen LogP contribution is -2.72. The zero-order valence-electron chi connectivity index (χ0n) is 14.0. The third-order valence-electron chi connectivity index (χ3n) is 4.03. The van der Waals surface area contributed by atoms with Crippen molar-refractivity contribution in [2.75, 3.05) is 13.2 Å². The molecule has 14 heteroatoms. The van der Waals surface area contributed by atoms with Crippen molar-refractivity contribution in [3.8, 4) is 0 Å². The topological polar surface area (TPSA) is 243 Å². The average molecular weight is 392 g/mol. The Morgan fingerprint density at radius 3 is 2.41 bits per heavy atom. The summed E-state index contributed by atoms with van der Waals surface area (Å²) in [6, 6.07) is -1.65. The predicted molar refractivity (Wildman–Crippen MR) is 82.7 cm³/mol. The highest BCUT2D eigenvalue weighted by molar-refractivity contribution is 5.91. The molecule has 1 aliphatic heterocycles. The van der Waals surface area contributed by atoms with Crippen LogP contribution in [0.5, 0.6) is 0 Å². The summed E-state index contributed by atoms with van der Waals surface area (Å²) in [5.41, 5.74) is 8.28. The van der Waals surface area contributed by atoms with E-state index in [2.05, 4.69) is 15.3 Å².